The third-order valence-corrected chi connectivity index (χ3v) is 6.51. The lowest BCUT2D eigenvalue weighted by Gasteiger charge is -2.35. The van der Waals surface area contributed by atoms with Gasteiger partial charge in [-0.3, -0.25) is 19.0 Å². The lowest BCUT2D eigenvalue weighted by molar-refractivity contribution is -0.117. The van der Waals surface area contributed by atoms with Gasteiger partial charge in [-0.1, -0.05) is 6.42 Å². The van der Waals surface area contributed by atoms with Gasteiger partial charge in [0.2, 0.25) is 11.7 Å². The summed E-state index contributed by atoms with van der Waals surface area (Å²) in [5.41, 5.74) is 0.416. The Morgan fingerprint density at radius 2 is 1.91 bits per heavy atom. The molecule has 2 amide bonds. The highest BCUT2D eigenvalue weighted by Crippen LogP contribution is 2.38. The van der Waals surface area contributed by atoms with Crippen LogP contribution >= 0.6 is 0 Å². The van der Waals surface area contributed by atoms with Crippen LogP contribution in [0.1, 0.15) is 61.0 Å². The van der Waals surface area contributed by atoms with Crippen molar-refractivity contribution in [1.29, 1.82) is 0 Å². The molecule has 0 unspecified atom stereocenters. The molecule has 0 aromatic carbocycles. The van der Waals surface area contributed by atoms with Crippen molar-refractivity contribution in [2.75, 3.05) is 17.7 Å². The van der Waals surface area contributed by atoms with Crippen molar-refractivity contribution in [3.05, 3.63) is 34.0 Å². The van der Waals surface area contributed by atoms with Crippen LogP contribution in [0.15, 0.2) is 17.2 Å². The Kier molecular flexibility index (Phi) is 4.87. The van der Waals surface area contributed by atoms with Gasteiger partial charge in [0, 0.05) is 5.92 Å². The summed E-state index contributed by atoms with van der Waals surface area (Å²) < 4.78 is 7.08. The molecule has 32 heavy (non-hydrogen) atoms. The number of carbonyl (C=O) groups excluding carboxylic acids is 2. The van der Waals surface area contributed by atoms with Gasteiger partial charge in [-0.05, 0) is 57.1 Å². The number of hydrogen-bond donors (Lipinski definition) is 3. The standard InChI is InChI=1S/C22H26N6O4/c1-12-10-14(21(31)28-15(12)20(30)27-22(28)8-4-3-5-9-22)25-17-16(32-2)18(24-11-23-17)26-19(29)13-6-7-13/h10-11,13H,3-9H2,1-2H3,(H,27,30)(H2,23,24,25,26,29). The Morgan fingerprint density at radius 1 is 1.19 bits per heavy atom. The third-order valence-electron chi connectivity index (χ3n) is 6.51. The molecule has 2 saturated carbocycles. The number of pyridine rings is 1. The molecule has 2 aromatic heterocycles. The average Bonchev–Trinajstić information content (AvgIpc) is 3.58. The van der Waals surface area contributed by atoms with E-state index in [9.17, 15) is 14.4 Å². The Labute approximate surface area is 184 Å². The van der Waals surface area contributed by atoms with Crippen molar-refractivity contribution in [2.45, 2.75) is 57.5 Å². The molecule has 1 spiro atoms. The summed E-state index contributed by atoms with van der Waals surface area (Å²) in [7, 11) is 1.46. The molecular formula is C22H26N6O4. The highest BCUT2D eigenvalue weighted by atomic mass is 16.5. The molecule has 10 heteroatoms. The Balaban J connectivity index is 1.54. The lowest BCUT2D eigenvalue weighted by atomic mass is 9.89. The predicted octanol–water partition coefficient (Wildman–Crippen LogP) is 2.41. The number of carbonyl (C=O) groups is 2. The number of methoxy groups -OCH3 is 1. The van der Waals surface area contributed by atoms with E-state index in [1.54, 1.807) is 10.6 Å². The molecule has 3 aliphatic rings. The maximum Gasteiger partial charge on any atom is 0.276 e. The van der Waals surface area contributed by atoms with Gasteiger partial charge in [0.1, 0.15) is 23.4 Å². The molecule has 3 heterocycles. The first-order chi connectivity index (χ1) is 15.4. The van der Waals surface area contributed by atoms with Crippen molar-refractivity contribution in [3.63, 3.8) is 0 Å². The van der Waals surface area contributed by atoms with Crippen molar-refractivity contribution in [3.8, 4) is 5.75 Å². The van der Waals surface area contributed by atoms with E-state index in [0.29, 0.717) is 11.3 Å². The van der Waals surface area contributed by atoms with E-state index in [0.717, 1.165) is 44.9 Å². The molecule has 0 radical (unpaired) electrons. The minimum absolute atomic E-state index is 0.00630. The summed E-state index contributed by atoms with van der Waals surface area (Å²) in [5.74, 6) is 0.446. The molecule has 0 bridgehead atoms. The monoisotopic (exact) mass is 438 g/mol. The van der Waals surface area contributed by atoms with Crippen LogP contribution < -0.4 is 26.2 Å². The van der Waals surface area contributed by atoms with E-state index >= 15 is 0 Å². The molecule has 2 aliphatic carbocycles. The molecule has 3 N–H and O–H groups in total. The van der Waals surface area contributed by atoms with Gasteiger partial charge < -0.3 is 20.7 Å². The van der Waals surface area contributed by atoms with E-state index < -0.39 is 5.66 Å². The number of rotatable bonds is 5. The lowest BCUT2D eigenvalue weighted by Crippen LogP contribution is -2.48. The van der Waals surface area contributed by atoms with Gasteiger partial charge in [0.25, 0.3) is 11.5 Å². The average molecular weight is 438 g/mol. The van der Waals surface area contributed by atoms with Crippen molar-refractivity contribution >= 4 is 29.1 Å². The second-order valence-corrected chi connectivity index (χ2v) is 8.77. The van der Waals surface area contributed by atoms with Crippen LogP contribution in [0, 0.1) is 12.8 Å². The highest BCUT2D eigenvalue weighted by Gasteiger charge is 2.45. The van der Waals surface area contributed by atoms with Crippen LogP contribution in [0.5, 0.6) is 5.75 Å². The number of nitrogens with zero attached hydrogens (tertiary/aromatic N) is 3. The third kappa shape index (κ3) is 3.30. The molecular weight excluding hydrogens is 412 g/mol. The number of nitrogens with one attached hydrogen (secondary N) is 3. The zero-order chi connectivity index (χ0) is 22.5. The first kappa shape index (κ1) is 20.5. The van der Waals surface area contributed by atoms with E-state index in [4.69, 9.17) is 4.74 Å². The van der Waals surface area contributed by atoms with Gasteiger partial charge in [0.05, 0.1) is 7.11 Å². The fourth-order valence-corrected chi connectivity index (χ4v) is 4.77. The van der Waals surface area contributed by atoms with Gasteiger partial charge in [-0.2, -0.15) is 0 Å². The van der Waals surface area contributed by atoms with E-state index in [2.05, 4.69) is 25.9 Å². The summed E-state index contributed by atoms with van der Waals surface area (Å²) in [6.07, 6.45) is 7.48. The largest absolute Gasteiger partial charge is 0.490 e. The van der Waals surface area contributed by atoms with Gasteiger partial charge in [-0.25, -0.2) is 9.97 Å². The first-order valence-corrected chi connectivity index (χ1v) is 11.0. The Bertz CT molecular complexity index is 1160. The Hall–Kier alpha value is -3.43. The second-order valence-electron chi connectivity index (χ2n) is 8.77. The summed E-state index contributed by atoms with van der Waals surface area (Å²) >= 11 is 0. The van der Waals surface area contributed by atoms with Gasteiger partial charge in [-0.15, -0.1) is 0 Å². The minimum atomic E-state index is -0.677. The minimum Gasteiger partial charge on any atom is -0.490 e. The van der Waals surface area contributed by atoms with Crippen LogP contribution in [0.2, 0.25) is 0 Å². The van der Waals surface area contributed by atoms with Crippen molar-refractivity contribution in [2.24, 2.45) is 5.92 Å². The number of aromatic nitrogens is 3. The Morgan fingerprint density at radius 3 is 2.59 bits per heavy atom. The van der Waals surface area contributed by atoms with Crippen LogP contribution in [0.4, 0.5) is 17.3 Å². The maximum atomic E-state index is 13.6. The summed E-state index contributed by atoms with van der Waals surface area (Å²) in [6, 6.07) is 1.65. The molecule has 10 nitrogen and oxygen atoms in total. The SMILES string of the molecule is COc1c(NC(=O)C2CC2)ncnc1Nc1cc(C)c2n(c1=O)C1(CCCCC1)NC2=O. The number of amides is 2. The number of ether oxygens (including phenoxy) is 1. The van der Waals surface area contributed by atoms with Gasteiger partial charge >= 0.3 is 0 Å². The molecule has 2 fully saturated rings. The summed E-state index contributed by atoms with van der Waals surface area (Å²) in [5, 5.41) is 8.91. The molecule has 0 saturated heterocycles. The number of anilines is 3. The van der Waals surface area contributed by atoms with Crippen molar-refractivity contribution in [1.82, 2.24) is 19.9 Å². The zero-order valence-corrected chi connectivity index (χ0v) is 18.2. The second kappa shape index (κ2) is 7.61. The maximum absolute atomic E-state index is 13.6. The first-order valence-electron chi connectivity index (χ1n) is 11.0. The van der Waals surface area contributed by atoms with Crippen LogP contribution in [-0.4, -0.2) is 33.5 Å². The topological polar surface area (TPSA) is 127 Å². The zero-order valence-electron chi connectivity index (χ0n) is 18.2. The summed E-state index contributed by atoms with van der Waals surface area (Å²) in [6.45, 7) is 1.82. The smallest absolute Gasteiger partial charge is 0.276 e. The molecule has 5 rings (SSSR count). The van der Waals surface area contributed by atoms with Gasteiger partial charge in [0.15, 0.2) is 11.6 Å². The van der Waals surface area contributed by atoms with E-state index in [1.165, 1.54) is 13.4 Å². The van der Waals surface area contributed by atoms with Crippen LogP contribution in [-0.2, 0) is 10.5 Å². The predicted molar refractivity (Wildman–Crippen MR) is 117 cm³/mol. The molecule has 2 aromatic rings. The van der Waals surface area contributed by atoms with Crippen LogP contribution in [0.25, 0.3) is 0 Å². The highest BCUT2D eigenvalue weighted by molar-refractivity contribution is 5.97. The number of fused-ring (bicyclic) bond motifs is 2. The summed E-state index contributed by atoms with van der Waals surface area (Å²) in [4.78, 5) is 46.8. The van der Waals surface area contributed by atoms with Crippen LogP contribution in [0.3, 0.4) is 0 Å². The quantitative estimate of drug-likeness (QED) is 0.654. The molecule has 0 atom stereocenters. The number of aryl methyl sites for hydroxylation is 1. The molecule has 1 aliphatic heterocycles. The molecule has 168 valence electrons. The number of hydrogen-bond acceptors (Lipinski definition) is 7. The fourth-order valence-electron chi connectivity index (χ4n) is 4.77. The van der Waals surface area contributed by atoms with E-state index in [1.807, 2.05) is 6.92 Å². The normalized spacial score (nSPS) is 18.8. The van der Waals surface area contributed by atoms with Crippen molar-refractivity contribution < 1.29 is 14.3 Å². The van der Waals surface area contributed by atoms with E-state index in [-0.39, 0.29) is 46.4 Å². The fraction of sp³-hybridized carbons (Fsp3) is 0.500.